The zero-order valence-electron chi connectivity index (χ0n) is 10.8. The summed E-state index contributed by atoms with van der Waals surface area (Å²) in [6.07, 6.45) is 4.21. The molecule has 0 aliphatic heterocycles. The molecule has 0 spiro atoms. The lowest BCUT2D eigenvalue weighted by Gasteiger charge is -2.26. The molecule has 6 nitrogen and oxygen atoms in total. The van der Waals surface area contributed by atoms with Gasteiger partial charge in [-0.05, 0) is 37.1 Å². The Hall–Kier alpha value is -1.73. The van der Waals surface area contributed by atoms with Gasteiger partial charge < -0.3 is 10.4 Å². The summed E-state index contributed by atoms with van der Waals surface area (Å²) in [5.41, 5.74) is 1.36. The number of anilines is 1. The molecule has 2 N–H and O–H groups in total. The highest BCUT2D eigenvalue weighted by atomic mass is 32.1. The molecule has 2 aromatic rings. The number of aliphatic hydroxyl groups is 1. The van der Waals surface area contributed by atoms with Crippen LogP contribution in [0, 0.1) is 10.1 Å². The molecular formula is C13H15N3O3S. The van der Waals surface area contributed by atoms with Crippen molar-refractivity contribution in [3.05, 3.63) is 27.8 Å². The van der Waals surface area contributed by atoms with Gasteiger partial charge in [-0.25, -0.2) is 4.98 Å². The SMILES string of the molecule is O=[N+]([O-])c1cnc2ccsc2c1NC1CCC(O)CC1. The lowest BCUT2D eigenvalue weighted by molar-refractivity contribution is -0.384. The number of fused-ring (bicyclic) bond motifs is 1. The summed E-state index contributed by atoms with van der Waals surface area (Å²) in [4.78, 5) is 14.9. The van der Waals surface area contributed by atoms with Crippen molar-refractivity contribution < 1.29 is 10.0 Å². The quantitative estimate of drug-likeness (QED) is 0.671. The van der Waals surface area contributed by atoms with Crippen molar-refractivity contribution >= 4 is 32.9 Å². The number of rotatable bonds is 3. The van der Waals surface area contributed by atoms with E-state index in [-0.39, 0.29) is 17.8 Å². The Labute approximate surface area is 119 Å². The number of aromatic nitrogens is 1. The molecule has 3 rings (SSSR count). The molecule has 1 aliphatic rings. The van der Waals surface area contributed by atoms with Crippen molar-refractivity contribution in [2.75, 3.05) is 5.32 Å². The molecule has 0 atom stereocenters. The van der Waals surface area contributed by atoms with E-state index in [9.17, 15) is 15.2 Å². The molecule has 0 aromatic carbocycles. The molecule has 0 amide bonds. The molecule has 0 radical (unpaired) electrons. The van der Waals surface area contributed by atoms with Crippen LogP contribution in [-0.4, -0.2) is 27.2 Å². The maximum atomic E-state index is 11.2. The summed E-state index contributed by atoms with van der Waals surface area (Å²) < 4.78 is 0.824. The fourth-order valence-corrected chi connectivity index (χ4v) is 3.46. The van der Waals surface area contributed by atoms with Gasteiger partial charge >= 0.3 is 5.69 Å². The van der Waals surface area contributed by atoms with Gasteiger partial charge in [-0.3, -0.25) is 10.1 Å². The molecule has 2 heterocycles. The number of aliphatic hydroxyl groups excluding tert-OH is 1. The van der Waals surface area contributed by atoms with Crippen LogP contribution in [0.5, 0.6) is 0 Å². The van der Waals surface area contributed by atoms with Crippen molar-refractivity contribution in [3.63, 3.8) is 0 Å². The molecule has 2 aromatic heterocycles. The number of nitro groups is 1. The van der Waals surface area contributed by atoms with Crippen molar-refractivity contribution in [2.45, 2.75) is 37.8 Å². The molecule has 106 valence electrons. The summed E-state index contributed by atoms with van der Waals surface area (Å²) in [6.45, 7) is 0. The third-order valence-corrected chi connectivity index (χ3v) is 4.62. The Morgan fingerprint density at radius 1 is 1.40 bits per heavy atom. The minimum atomic E-state index is -0.397. The second-order valence-corrected chi connectivity index (χ2v) is 5.98. The second-order valence-electron chi connectivity index (χ2n) is 5.06. The highest BCUT2D eigenvalue weighted by molar-refractivity contribution is 7.17. The van der Waals surface area contributed by atoms with Crippen LogP contribution in [0.4, 0.5) is 11.4 Å². The molecule has 1 saturated carbocycles. The van der Waals surface area contributed by atoms with E-state index >= 15 is 0 Å². The third-order valence-electron chi connectivity index (χ3n) is 3.70. The van der Waals surface area contributed by atoms with Crippen molar-refractivity contribution in [1.29, 1.82) is 0 Å². The zero-order chi connectivity index (χ0) is 14.1. The molecule has 0 saturated heterocycles. The number of nitrogens with zero attached hydrogens (tertiary/aromatic N) is 2. The largest absolute Gasteiger partial charge is 0.393 e. The van der Waals surface area contributed by atoms with E-state index in [0.29, 0.717) is 5.69 Å². The fourth-order valence-electron chi connectivity index (χ4n) is 2.60. The van der Waals surface area contributed by atoms with Crippen LogP contribution >= 0.6 is 11.3 Å². The minimum Gasteiger partial charge on any atom is -0.393 e. The number of hydrogen-bond acceptors (Lipinski definition) is 6. The van der Waals surface area contributed by atoms with E-state index in [1.165, 1.54) is 17.5 Å². The first-order chi connectivity index (χ1) is 9.65. The number of pyridine rings is 1. The molecule has 20 heavy (non-hydrogen) atoms. The van der Waals surface area contributed by atoms with Gasteiger partial charge in [-0.15, -0.1) is 11.3 Å². The van der Waals surface area contributed by atoms with Gasteiger partial charge in [0.05, 0.1) is 21.2 Å². The van der Waals surface area contributed by atoms with E-state index < -0.39 is 4.92 Å². The molecular weight excluding hydrogens is 278 g/mol. The highest BCUT2D eigenvalue weighted by Crippen LogP contribution is 2.36. The van der Waals surface area contributed by atoms with Gasteiger partial charge in [0.1, 0.15) is 11.9 Å². The van der Waals surface area contributed by atoms with Crippen LogP contribution in [0.25, 0.3) is 10.2 Å². The first-order valence-electron chi connectivity index (χ1n) is 6.60. The molecule has 1 fully saturated rings. The molecule has 7 heteroatoms. The average Bonchev–Trinajstić information content (AvgIpc) is 2.90. The first kappa shape index (κ1) is 13.3. The van der Waals surface area contributed by atoms with Gasteiger partial charge in [0, 0.05) is 6.04 Å². The van der Waals surface area contributed by atoms with Crippen molar-refractivity contribution in [1.82, 2.24) is 4.98 Å². The van der Waals surface area contributed by atoms with Gasteiger partial charge in [-0.1, -0.05) is 0 Å². The molecule has 0 unspecified atom stereocenters. The summed E-state index contributed by atoms with van der Waals surface area (Å²) in [5.74, 6) is 0. The normalized spacial score (nSPS) is 22.9. The standard InChI is InChI=1S/C13H15N3O3S/c17-9-3-1-8(2-4-9)15-12-11(16(18)19)7-14-10-5-6-20-13(10)12/h5-9,17H,1-4H2,(H,14,15). The predicted octanol–water partition coefficient (Wildman–Crippen LogP) is 2.92. The monoisotopic (exact) mass is 293 g/mol. The minimum absolute atomic E-state index is 0.0195. The molecule has 1 aliphatic carbocycles. The van der Waals surface area contributed by atoms with Crippen LogP contribution in [0.2, 0.25) is 0 Å². The smallest absolute Gasteiger partial charge is 0.311 e. The Bertz CT molecular complexity index is 635. The highest BCUT2D eigenvalue weighted by Gasteiger charge is 2.24. The van der Waals surface area contributed by atoms with Gasteiger partial charge in [-0.2, -0.15) is 0 Å². The lowest BCUT2D eigenvalue weighted by Crippen LogP contribution is -2.28. The second kappa shape index (κ2) is 5.34. The summed E-state index contributed by atoms with van der Waals surface area (Å²) >= 11 is 1.46. The Kier molecular flexibility index (Phi) is 3.54. The fraction of sp³-hybridized carbons (Fsp3) is 0.462. The number of hydrogen-bond donors (Lipinski definition) is 2. The number of nitrogens with one attached hydrogen (secondary N) is 1. The lowest BCUT2D eigenvalue weighted by atomic mass is 9.93. The zero-order valence-corrected chi connectivity index (χ0v) is 11.6. The first-order valence-corrected chi connectivity index (χ1v) is 7.48. The summed E-state index contributed by atoms with van der Waals surface area (Å²) in [7, 11) is 0. The summed E-state index contributed by atoms with van der Waals surface area (Å²) in [6, 6.07) is 2.03. The van der Waals surface area contributed by atoms with Crippen LogP contribution in [0.1, 0.15) is 25.7 Å². The van der Waals surface area contributed by atoms with Crippen LogP contribution < -0.4 is 5.32 Å². The van der Waals surface area contributed by atoms with Gasteiger partial charge in [0.15, 0.2) is 0 Å². The predicted molar refractivity (Wildman–Crippen MR) is 78.2 cm³/mol. The van der Waals surface area contributed by atoms with Crippen LogP contribution in [-0.2, 0) is 0 Å². The topological polar surface area (TPSA) is 88.3 Å². The van der Waals surface area contributed by atoms with E-state index in [2.05, 4.69) is 10.3 Å². The third kappa shape index (κ3) is 2.46. The maximum Gasteiger partial charge on any atom is 0.311 e. The Morgan fingerprint density at radius 3 is 2.85 bits per heavy atom. The van der Waals surface area contributed by atoms with Crippen molar-refractivity contribution in [2.24, 2.45) is 0 Å². The maximum absolute atomic E-state index is 11.2. The van der Waals surface area contributed by atoms with E-state index in [4.69, 9.17) is 0 Å². The number of thiophene rings is 1. The molecule has 0 bridgehead atoms. The van der Waals surface area contributed by atoms with E-state index in [1.807, 2.05) is 11.4 Å². The van der Waals surface area contributed by atoms with Gasteiger partial charge in [0.2, 0.25) is 0 Å². The summed E-state index contributed by atoms with van der Waals surface area (Å²) in [5, 5.41) is 25.9. The van der Waals surface area contributed by atoms with Crippen LogP contribution in [0.3, 0.4) is 0 Å². The van der Waals surface area contributed by atoms with E-state index in [1.54, 1.807) is 0 Å². The van der Waals surface area contributed by atoms with Crippen LogP contribution in [0.15, 0.2) is 17.6 Å². The Balaban J connectivity index is 1.94. The van der Waals surface area contributed by atoms with Crippen molar-refractivity contribution in [3.8, 4) is 0 Å². The van der Waals surface area contributed by atoms with E-state index in [0.717, 1.165) is 35.9 Å². The van der Waals surface area contributed by atoms with Gasteiger partial charge in [0.25, 0.3) is 0 Å². The Morgan fingerprint density at radius 2 is 2.15 bits per heavy atom. The average molecular weight is 293 g/mol.